The van der Waals surface area contributed by atoms with E-state index in [-0.39, 0.29) is 11.8 Å². The highest BCUT2D eigenvalue weighted by Gasteiger charge is 2.29. The maximum absolute atomic E-state index is 12.7. The summed E-state index contributed by atoms with van der Waals surface area (Å²) in [5.41, 5.74) is 1.74. The van der Waals surface area contributed by atoms with Crippen molar-refractivity contribution in [2.75, 3.05) is 5.88 Å². The number of nitrogens with one attached hydrogen (secondary N) is 1. The molecule has 0 fully saturated rings. The highest BCUT2D eigenvalue weighted by Crippen LogP contribution is 2.26. The summed E-state index contributed by atoms with van der Waals surface area (Å²) in [5, 5.41) is 2.63. The van der Waals surface area contributed by atoms with Gasteiger partial charge in [-0.2, -0.15) is 0 Å². The van der Waals surface area contributed by atoms with E-state index in [0.717, 1.165) is 11.1 Å². The Balaban J connectivity index is 2.26. The Morgan fingerprint density at radius 3 is 1.84 bits per heavy atom. The fourth-order valence-corrected chi connectivity index (χ4v) is 2.56. The Morgan fingerprint density at radius 2 is 1.44 bits per heavy atom. The largest absolute Gasteiger partial charge is 0.451 e. The Labute approximate surface area is 153 Å². The van der Waals surface area contributed by atoms with Gasteiger partial charge in [-0.3, -0.25) is 4.79 Å². The summed E-state index contributed by atoms with van der Waals surface area (Å²) < 4.78 is 5.79. The van der Waals surface area contributed by atoms with Gasteiger partial charge in [-0.1, -0.05) is 74.5 Å². The van der Waals surface area contributed by atoms with E-state index in [1.807, 2.05) is 74.5 Å². The van der Waals surface area contributed by atoms with Crippen molar-refractivity contribution >= 4 is 23.5 Å². The molecule has 2 aromatic rings. The SMILES string of the molecule is CC(C)[C@H](NC(=O)CCl)C(=O)OC(c1ccccc1)c1ccccc1. The van der Waals surface area contributed by atoms with Crippen molar-refractivity contribution in [2.24, 2.45) is 5.92 Å². The van der Waals surface area contributed by atoms with E-state index in [2.05, 4.69) is 5.32 Å². The molecule has 0 aliphatic carbocycles. The van der Waals surface area contributed by atoms with Crippen molar-refractivity contribution < 1.29 is 14.3 Å². The second kappa shape index (κ2) is 9.23. The molecule has 0 spiro atoms. The van der Waals surface area contributed by atoms with Crippen LogP contribution in [0.1, 0.15) is 31.1 Å². The molecule has 132 valence electrons. The molecule has 0 aromatic heterocycles. The Morgan fingerprint density at radius 1 is 0.960 bits per heavy atom. The highest BCUT2D eigenvalue weighted by molar-refractivity contribution is 6.27. The zero-order valence-electron chi connectivity index (χ0n) is 14.3. The van der Waals surface area contributed by atoms with E-state index < -0.39 is 24.0 Å². The van der Waals surface area contributed by atoms with Gasteiger partial charge in [0, 0.05) is 0 Å². The number of esters is 1. The molecule has 0 saturated carbocycles. The Kier molecular flexibility index (Phi) is 7.02. The minimum Gasteiger partial charge on any atom is -0.451 e. The van der Waals surface area contributed by atoms with Gasteiger partial charge >= 0.3 is 5.97 Å². The van der Waals surface area contributed by atoms with Gasteiger partial charge in [-0.05, 0) is 17.0 Å². The maximum atomic E-state index is 12.7. The van der Waals surface area contributed by atoms with Crippen LogP contribution in [0, 0.1) is 5.92 Å². The topological polar surface area (TPSA) is 55.4 Å². The fraction of sp³-hybridized carbons (Fsp3) is 0.300. The van der Waals surface area contributed by atoms with Gasteiger partial charge in [0.2, 0.25) is 5.91 Å². The molecule has 0 bridgehead atoms. The van der Waals surface area contributed by atoms with Gasteiger partial charge < -0.3 is 10.1 Å². The molecule has 0 radical (unpaired) electrons. The monoisotopic (exact) mass is 359 g/mol. The number of carbonyl (C=O) groups is 2. The lowest BCUT2D eigenvalue weighted by molar-refractivity contribution is -0.152. The summed E-state index contributed by atoms with van der Waals surface area (Å²) in [5.74, 6) is -1.19. The summed E-state index contributed by atoms with van der Waals surface area (Å²) >= 11 is 5.54. The van der Waals surface area contributed by atoms with Gasteiger partial charge in [-0.15, -0.1) is 11.6 Å². The number of carbonyl (C=O) groups excluding carboxylic acids is 2. The first kappa shape index (κ1) is 19.0. The van der Waals surface area contributed by atoms with Gasteiger partial charge in [0.25, 0.3) is 0 Å². The van der Waals surface area contributed by atoms with Crippen LogP contribution in [0.25, 0.3) is 0 Å². The molecule has 5 heteroatoms. The van der Waals surface area contributed by atoms with E-state index in [9.17, 15) is 9.59 Å². The first-order valence-corrected chi connectivity index (χ1v) is 8.72. The van der Waals surface area contributed by atoms with Crippen LogP contribution in [-0.4, -0.2) is 23.8 Å². The molecular formula is C20H22ClNO3. The Bertz CT molecular complexity index is 649. The highest BCUT2D eigenvalue weighted by atomic mass is 35.5. The number of halogens is 1. The molecule has 4 nitrogen and oxygen atoms in total. The van der Waals surface area contributed by atoms with Gasteiger partial charge in [0.15, 0.2) is 6.10 Å². The van der Waals surface area contributed by atoms with E-state index in [1.54, 1.807) is 0 Å². The molecule has 0 aliphatic heterocycles. The molecule has 1 atom stereocenters. The third-order valence-corrected chi connectivity index (χ3v) is 4.04. The number of hydrogen-bond acceptors (Lipinski definition) is 3. The average molecular weight is 360 g/mol. The molecule has 1 amide bonds. The summed E-state index contributed by atoms with van der Waals surface area (Å²) in [6.07, 6.45) is -0.538. The number of ether oxygens (including phenoxy) is 1. The van der Waals surface area contributed by atoms with Gasteiger partial charge in [0.05, 0.1) is 0 Å². The Hall–Kier alpha value is -2.33. The summed E-state index contributed by atoms with van der Waals surface area (Å²) in [7, 11) is 0. The zero-order chi connectivity index (χ0) is 18.2. The minimum absolute atomic E-state index is 0.119. The molecule has 0 saturated heterocycles. The van der Waals surface area contributed by atoms with Crippen molar-refractivity contribution in [2.45, 2.75) is 26.0 Å². The fourth-order valence-electron chi connectivity index (χ4n) is 2.48. The average Bonchev–Trinajstić information content (AvgIpc) is 2.64. The summed E-state index contributed by atoms with van der Waals surface area (Å²) in [6.45, 7) is 3.70. The molecule has 0 unspecified atom stereocenters. The van der Waals surface area contributed by atoms with E-state index in [4.69, 9.17) is 16.3 Å². The molecule has 0 aliphatic rings. The molecule has 2 aromatic carbocycles. The quantitative estimate of drug-likeness (QED) is 0.605. The molecule has 2 rings (SSSR count). The normalized spacial score (nSPS) is 12.0. The van der Waals surface area contributed by atoms with Crippen LogP contribution < -0.4 is 5.32 Å². The van der Waals surface area contributed by atoms with Crippen molar-refractivity contribution in [1.29, 1.82) is 0 Å². The predicted molar refractivity (Wildman–Crippen MR) is 98.3 cm³/mol. The van der Waals surface area contributed by atoms with Crippen LogP contribution in [0.3, 0.4) is 0 Å². The van der Waals surface area contributed by atoms with Crippen LogP contribution >= 0.6 is 11.6 Å². The number of benzene rings is 2. The van der Waals surface area contributed by atoms with Crippen molar-refractivity contribution in [1.82, 2.24) is 5.32 Å². The second-order valence-electron chi connectivity index (χ2n) is 6.06. The smallest absolute Gasteiger partial charge is 0.329 e. The van der Waals surface area contributed by atoms with Crippen molar-refractivity contribution in [3.63, 3.8) is 0 Å². The lowest BCUT2D eigenvalue weighted by Gasteiger charge is -2.25. The van der Waals surface area contributed by atoms with Gasteiger partial charge in [-0.25, -0.2) is 4.79 Å². The molecule has 1 N–H and O–H groups in total. The number of hydrogen-bond donors (Lipinski definition) is 1. The second-order valence-corrected chi connectivity index (χ2v) is 6.33. The first-order valence-electron chi connectivity index (χ1n) is 8.18. The number of alkyl halides is 1. The minimum atomic E-state index is -0.749. The third kappa shape index (κ3) is 5.33. The lowest BCUT2D eigenvalue weighted by Crippen LogP contribution is -2.46. The molecule has 25 heavy (non-hydrogen) atoms. The van der Waals surface area contributed by atoms with Crippen LogP contribution in [-0.2, 0) is 14.3 Å². The van der Waals surface area contributed by atoms with Crippen LogP contribution in [0.2, 0.25) is 0 Å². The van der Waals surface area contributed by atoms with Crippen molar-refractivity contribution in [3.8, 4) is 0 Å². The number of amides is 1. The van der Waals surface area contributed by atoms with Crippen LogP contribution in [0.5, 0.6) is 0 Å². The van der Waals surface area contributed by atoms with Crippen molar-refractivity contribution in [3.05, 3.63) is 71.8 Å². The molecule has 0 heterocycles. The zero-order valence-corrected chi connectivity index (χ0v) is 15.1. The lowest BCUT2D eigenvalue weighted by atomic mass is 10.0. The van der Waals surface area contributed by atoms with Gasteiger partial charge in [0.1, 0.15) is 11.9 Å². The van der Waals surface area contributed by atoms with E-state index in [1.165, 1.54) is 0 Å². The van der Waals surface area contributed by atoms with Crippen LogP contribution in [0.15, 0.2) is 60.7 Å². The first-order chi connectivity index (χ1) is 12.0. The van der Waals surface area contributed by atoms with E-state index >= 15 is 0 Å². The molecular weight excluding hydrogens is 338 g/mol. The third-order valence-electron chi connectivity index (χ3n) is 3.80. The standard InChI is InChI=1S/C20H22ClNO3/c1-14(2)18(22-17(23)13-21)20(24)25-19(15-9-5-3-6-10-15)16-11-7-4-8-12-16/h3-12,14,18-19H,13H2,1-2H3,(H,22,23)/t18-/m0/s1. The van der Waals surface area contributed by atoms with E-state index in [0.29, 0.717) is 0 Å². The van der Waals surface area contributed by atoms with Crippen LogP contribution in [0.4, 0.5) is 0 Å². The summed E-state index contributed by atoms with van der Waals surface area (Å²) in [4.78, 5) is 24.3. The predicted octanol–water partition coefficient (Wildman–Crippen LogP) is 3.70. The maximum Gasteiger partial charge on any atom is 0.329 e. The summed E-state index contributed by atoms with van der Waals surface area (Å²) in [6, 6.07) is 18.3. The number of rotatable bonds is 7.